The highest BCUT2D eigenvalue weighted by atomic mass is 19.1. The molecule has 0 bridgehead atoms. The molecule has 4 N–H and O–H groups in total. The van der Waals surface area contributed by atoms with Crippen molar-refractivity contribution in [1.82, 2.24) is 30.8 Å². The summed E-state index contributed by atoms with van der Waals surface area (Å²) in [7, 11) is 1.61. The third-order valence-corrected chi connectivity index (χ3v) is 7.48. The first kappa shape index (κ1) is 27.6. The molecular formula is C27H37FN6O4. The molecule has 0 spiro atoms. The lowest BCUT2D eigenvalue weighted by atomic mass is 9.79. The summed E-state index contributed by atoms with van der Waals surface area (Å²) in [5.74, 6) is -0.675. The number of carbonyl (C=O) groups is 3. The van der Waals surface area contributed by atoms with E-state index >= 15 is 0 Å². The molecule has 1 saturated carbocycles. The second-order valence-electron chi connectivity index (χ2n) is 10.1. The first-order valence-corrected chi connectivity index (χ1v) is 13.3. The van der Waals surface area contributed by atoms with Crippen molar-refractivity contribution >= 4 is 17.7 Å². The molecule has 206 valence electrons. The number of likely N-dealkylation sites (N-methyl/N-ethyl adjacent to an activating group) is 1. The average Bonchev–Trinajstić information content (AvgIpc) is 3.39. The maximum atomic E-state index is 13.9. The van der Waals surface area contributed by atoms with Crippen LogP contribution in [0.25, 0.3) is 0 Å². The molecule has 1 fully saturated rings. The maximum Gasteiger partial charge on any atom is 0.243 e. The number of hydrogen-bond acceptors (Lipinski definition) is 6. The van der Waals surface area contributed by atoms with Gasteiger partial charge in [0.05, 0.1) is 12.4 Å². The minimum Gasteiger partial charge on any atom is -0.492 e. The van der Waals surface area contributed by atoms with E-state index in [1.165, 1.54) is 23.4 Å². The summed E-state index contributed by atoms with van der Waals surface area (Å²) in [6.07, 6.45) is 7.45. The van der Waals surface area contributed by atoms with Crippen LogP contribution in [0.3, 0.4) is 0 Å². The van der Waals surface area contributed by atoms with Gasteiger partial charge in [-0.25, -0.2) is 9.37 Å². The van der Waals surface area contributed by atoms with Crippen LogP contribution in [0.4, 0.5) is 4.39 Å². The Morgan fingerprint density at radius 3 is 2.66 bits per heavy atom. The fourth-order valence-corrected chi connectivity index (χ4v) is 4.79. The quantitative estimate of drug-likeness (QED) is 0.476. The molecule has 0 saturated heterocycles. The number of fused-ring (bicyclic) bond motifs is 1. The van der Waals surface area contributed by atoms with Crippen LogP contribution in [0.15, 0.2) is 30.7 Å². The Balaban J connectivity index is 1.55. The Morgan fingerprint density at radius 1 is 1.13 bits per heavy atom. The van der Waals surface area contributed by atoms with Crippen molar-refractivity contribution in [3.8, 4) is 5.75 Å². The fraction of sp³-hybridized carbons (Fsp3) is 0.556. The van der Waals surface area contributed by atoms with Crippen LogP contribution in [-0.2, 0) is 27.2 Å². The zero-order chi connectivity index (χ0) is 27.1. The van der Waals surface area contributed by atoms with E-state index in [1.54, 1.807) is 26.2 Å². The predicted octanol–water partition coefficient (Wildman–Crippen LogP) is 1.32. The number of nitrogens with zero attached hydrogens (tertiary/aromatic N) is 2. The summed E-state index contributed by atoms with van der Waals surface area (Å²) in [6.45, 7) is 2.69. The summed E-state index contributed by atoms with van der Waals surface area (Å²) in [5, 5.41) is 9.04. The van der Waals surface area contributed by atoms with Crippen molar-refractivity contribution in [2.45, 2.75) is 63.6 Å². The number of amides is 3. The normalized spacial score (nSPS) is 24.8. The number of benzene rings is 1. The topological polar surface area (TPSA) is 128 Å². The number of aromatic nitrogens is 2. The molecule has 38 heavy (non-hydrogen) atoms. The van der Waals surface area contributed by atoms with Gasteiger partial charge in [-0.2, -0.15) is 0 Å². The molecule has 0 radical (unpaired) electrons. The van der Waals surface area contributed by atoms with E-state index in [1.807, 2.05) is 0 Å². The molecule has 1 aromatic heterocycles. The highest BCUT2D eigenvalue weighted by molar-refractivity contribution is 5.93. The standard InChI is InChI=1S/C27H37FN6O4/c1-17-25(35)33-22(14-21-15-29-16-32-21)26(36)31-10-4-7-18-8-9-20(28)13-23(18)38-12-11-30-24(19-5-3-6-19)27(37)34(17)2/h8-9,13,15-17,19,22,24,30H,3-7,10-12,14H2,1-2H3,(H,29,32)(H,31,36)(H,33,35). The summed E-state index contributed by atoms with van der Waals surface area (Å²) in [4.78, 5) is 48.1. The molecule has 1 aliphatic heterocycles. The van der Waals surface area contributed by atoms with Crippen molar-refractivity contribution in [3.63, 3.8) is 0 Å². The second-order valence-corrected chi connectivity index (χ2v) is 10.1. The van der Waals surface area contributed by atoms with E-state index in [-0.39, 0.29) is 36.6 Å². The van der Waals surface area contributed by atoms with Crippen LogP contribution in [0, 0.1) is 11.7 Å². The van der Waals surface area contributed by atoms with Crippen LogP contribution in [0.2, 0.25) is 0 Å². The molecule has 2 aromatic rings. The molecule has 1 aromatic carbocycles. The van der Waals surface area contributed by atoms with Gasteiger partial charge in [0.2, 0.25) is 17.7 Å². The van der Waals surface area contributed by atoms with Gasteiger partial charge in [0, 0.05) is 44.5 Å². The molecule has 2 aliphatic rings. The lowest BCUT2D eigenvalue weighted by Gasteiger charge is -2.37. The fourth-order valence-electron chi connectivity index (χ4n) is 4.79. The van der Waals surface area contributed by atoms with Gasteiger partial charge in [0.1, 0.15) is 30.3 Å². The largest absolute Gasteiger partial charge is 0.492 e. The van der Waals surface area contributed by atoms with E-state index in [0.29, 0.717) is 37.4 Å². The number of H-pyrrole nitrogens is 1. The van der Waals surface area contributed by atoms with E-state index in [9.17, 15) is 18.8 Å². The number of rotatable bonds is 3. The molecule has 1 aliphatic carbocycles. The number of nitrogens with one attached hydrogen (secondary N) is 4. The van der Waals surface area contributed by atoms with Gasteiger partial charge in [-0.15, -0.1) is 0 Å². The number of aromatic amines is 1. The summed E-state index contributed by atoms with van der Waals surface area (Å²) in [6, 6.07) is 2.36. The zero-order valence-corrected chi connectivity index (χ0v) is 22.0. The van der Waals surface area contributed by atoms with Gasteiger partial charge in [0.15, 0.2) is 0 Å². The third-order valence-electron chi connectivity index (χ3n) is 7.48. The molecule has 3 atom stereocenters. The van der Waals surface area contributed by atoms with Gasteiger partial charge < -0.3 is 30.6 Å². The summed E-state index contributed by atoms with van der Waals surface area (Å²) < 4.78 is 19.8. The molecule has 3 amide bonds. The number of ether oxygens (including phenoxy) is 1. The van der Waals surface area contributed by atoms with E-state index in [4.69, 9.17) is 4.74 Å². The monoisotopic (exact) mass is 528 g/mol. The molecule has 10 nitrogen and oxygen atoms in total. The maximum absolute atomic E-state index is 13.9. The highest BCUT2D eigenvalue weighted by Gasteiger charge is 2.37. The zero-order valence-electron chi connectivity index (χ0n) is 22.0. The van der Waals surface area contributed by atoms with Crippen LogP contribution >= 0.6 is 0 Å². The smallest absolute Gasteiger partial charge is 0.243 e. The van der Waals surface area contributed by atoms with Crippen LogP contribution < -0.4 is 20.7 Å². The SMILES string of the molecule is CC1C(=O)NC(Cc2cnc[nH]2)C(=O)NCCCc2ccc(F)cc2OCCNC(C2CCC2)C(=O)N1C. The first-order chi connectivity index (χ1) is 18.3. The average molecular weight is 529 g/mol. The molecule has 2 heterocycles. The molecule has 3 unspecified atom stereocenters. The van der Waals surface area contributed by atoms with Gasteiger partial charge in [0.25, 0.3) is 0 Å². The van der Waals surface area contributed by atoms with E-state index < -0.39 is 24.0 Å². The van der Waals surface area contributed by atoms with Crippen LogP contribution in [0.5, 0.6) is 5.75 Å². The third kappa shape index (κ3) is 6.89. The summed E-state index contributed by atoms with van der Waals surface area (Å²) >= 11 is 0. The summed E-state index contributed by atoms with van der Waals surface area (Å²) in [5.41, 5.74) is 1.54. The molecular weight excluding hydrogens is 491 g/mol. The van der Waals surface area contributed by atoms with Gasteiger partial charge >= 0.3 is 0 Å². The minimum absolute atomic E-state index is 0.175. The van der Waals surface area contributed by atoms with E-state index in [2.05, 4.69) is 25.9 Å². The first-order valence-electron chi connectivity index (χ1n) is 13.3. The number of imidazole rings is 1. The van der Waals surface area contributed by atoms with Crippen molar-refractivity contribution in [1.29, 1.82) is 0 Å². The Morgan fingerprint density at radius 2 is 1.95 bits per heavy atom. The Bertz CT molecular complexity index is 1110. The van der Waals surface area contributed by atoms with Gasteiger partial charge in [-0.05, 0) is 50.2 Å². The van der Waals surface area contributed by atoms with Crippen molar-refractivity contribution in [3.05, 3.63) is 47.8 Å². The minimum atomic E-state index is -0.849. The highest BCUT2D eigenvalue weighted by Crippen LogP contribution is 2.30. The number of carbonyl (C=O) groups excluding carboxylic acids is 3. The van der Waals surface area contributed by atoms with Crippen LogP contribution in [0.1, 0.15) is 43.9 Å². The lowest BCUT2D eigenvalue weighted by Crippen LogP contribution is -2.58. The number of halogens is 1. The Hall–Kier alpha value is -3.47. The number of hydrogen-bond donors (Lipinski definition) is 4. The van der Waals surface area contributed by atoms with E-state index in [0.717, 1.165) is 24.8 Å². The second kappa shape index (κ2) is 12.9. The van der Waals surface area contributed by atoms with Crippen molar-refractivity contribution < 1.29 is 23.5 Å². The lowest BCUT2D eigenvalue weighted by molar-refractivity contribution is -0.142. The molecule has 4 rings (SSSR count). The van der Waals surface area contributed by atoms with Gasteiger partial charge in [-0.1, -0.05) is 12.5 Å². The van der Waals surface area contributed by atoms with Gasteiger partial charge in [-0.3, -0.25) is 14.4 Å². The number of aryl methyl sites for hydroxylation is 1. The Kier molecular flexibility index (Phi) is 9.33. The van der Waals surface area contributed by atoms with Crippen molar-refractivity contribution in [2.24, 2.45) is 5.92 Å². The predicted molar refractivity (Wildman–Crippen MR) is 139 cm³/mol. The van der Waals surface area contributed by atoms with Crippen molar-refractivity contribution in [2.75, 3.05) is 26.7 Å². The Labute approximate surface area is 222 Å². The molecule has 11 heteroatoms. The van der Waals surface area contributed by atoms with Crippen LogP contribution in [-0.4, -0.2) is 77.5 Å².